The Labute approximate surface area is 206 Å². The third-order valence-electron chi connectivity index (χ3n) is 8.57. The van der Waals surface area contributed by atoms with Crippen molar-refractivity contribution in [3.63, 3.8) is 0 Å². The minimum Gasteiger partial charge on any atom is -0.426 e. The lowest BCUT2D eigenvalue weighted by Gasteiger charge is -2.37. The summed E-state index contributed by atoms with van der Waals surface area (Å²) in [4.78, 5) is 54.4. The molecule has 3 amide bonds. The number of benzene rings is 2. The van der Waals surface area contributed by atoms with Crippen LogP contribution in [0, 0.1) is 47.2 Å². The first-order valence-corrected chi connectivity index (χ1v) is 12.3. The van der Waals surface area contributed by atoms with Crippen molar-refractivity contribution >= 4 is 35.1 Å². The third-order valence-corrected chi connectivity index (χ3v) is 8.57. The van der Waals surface area contributed by atoms with E-state index in [1.165, 1.54) is 34.1 Å². The first-order valence-electron chi connectivity index (χ1n) is 12.3. The van der Waals surface area contributed by atoms with Crippen LogP contribution in [0.1, 0.15) is 12.8 Å². The fourth-order valence-corrected chi connectivity index (χ4v) is 6.81. The second-order valence-electron chi connectivity index (χ2n) is 10.5. The Kier molecular flexibility index (Phi) is 4.53. The molecular weight excluding hydrogens is 463 g/mol. The molecule has 0 N–H and O–H groups in total. The van der Waals surface area contributed by atoms with Crippen LogP contribution in [0.2, 0.25) is 0 Å². The number of ether oxygens (including phenoxy) is 1. The largest absolute Gasteiger partial charge is 0.426 e. The standard InChI is InChI=1S/C28H23FN2O5/c29-15-1-3-16(4-2-15)30-13-14(11-23(30)32)28(35)36-18-7-5-17(6-8-18)31-26(33)24-19-9-10-20(22-12-21(19)22)25(24)27(31)34/h1-10,14,19-22,24-25H,11-13H2/t14-,19+,20+,21-,22+,24-,25+/m1/s1. The van der Waals surface area contributed by atoms with Crippen LogP contribution in [-0.2, 0) is 19.2 Å². The summed E-state index contributed by atoms with van der Waals surface area (Å²) in [5.74, 6) is -0.939. The number of anilines is 2. The lowest BCUT2D eigenvalue weighted by Crippen LogP contribution is -2.40. The lowest BCUT2D eigenvalue weighted by molar-refractivity contribution is -0.139. The molecule has 2 aliphatic heterocycles. The molecule has 2 saturated carbocycles. The molecular formula is C28H23FN2O5. The average molecular weight is 486 g/mol. The van der Waals surface area contributed by atoms with Crippen molar-refractivity contribution in [1.82, 2.24) is 0 Å². The lowest BCUT2D eigenvalue weighted by atomic mass is 9.63. The molecule has 182 valence electrons. The van der Waals surface area contributed by atoms with Gasteiger partial charge in [0.15, 0.2) is 0 Å². The van der Waals surface area contributed by atoms with E-state index in [0.717, 1.165) is 6.42 Å². The van der Waals surface area contributed by atoms with Crippen molar-refractivity contribution in [2.75, 3.05) is 16.3 Å². The zero-order valence-electron chi connectivity index (χ0n) is 19.2. The van der Waals surface area contributed by atoms with E-state index in [1.807, 2.05) is 0 Å². The van der Waals surface area contributed by atoms with Gasteiger partial charge in [-0.15, -0.1) is 0 Å². The molecule has 36 heavy (non-hydrogen) atoms. The molecule has 2 bridgehead atoms. The summed E-state index contributed by atoms with van der Waals surface area (Å²) in [5.41, 5.74) is 1.01. The summed E-state index contributed by atoms with van der Waals surface area (Å²) >= 11 is 0. The number of hydrogen-bond acceptors (Lipinski definition) is 5. The van der Waals surface area contributed by atoms with E-state index in [1.54, 1.807) is 24.3 Å². The predicted octanol–water partition coefficient (Wildman–Crippen LogP) is 3.34. The van der Waals surface area contributed by atoms with Crippen molar-refractivity contribution in [2.45, 2.75) is 12.8 Å². The fourth-order valence-electron chi connectivity index (χ4n) is 6.81. The highest BCUT2D eigenvalue weighted by Gasteiger charge is 2.67. The Balaban J connectivity index is 1.03. The molecule has 0 spiro atoms. The van der Waals surface area contributed by atoms with E-state index in [-0.39, 0.29) is 60.1 Å². The van der Waals surface area contributed by atoms with E-state index in [9.17, 15) is 23.6 Å². The predicted molar refractivity (Wildman–Crippen MR) is 126 cm³/mol. The maximum atomic E-state index is 13.3. The number of amides is 3. The molecule has 7 nitrogen and oxygen atoms in total. The fraction of sp³-hybridized carbons (Fsp3) is 0.357. The van der Waals surface area contributed by atoms with Gasteiger partial charge in [-0.05, 0) is 78.6 Å². The quantitative estimate of drug-likeness (QED) is 0.287. The molecule has 7 atom stereocenters. The van der Waals surface area contributed by atoms with Crippen LogP contribution in [-0.4, -0.2) is 30.2 Å². The normalized spacial score (nSPS) is 33.7. The molecule has 4 fully saturated rings. The van der Waals surface area contributed by atoms with Crippen molar-refractivity contribution in [1.29, 1.82) is 0 Å². The highest BCUT2D eigenvalue weighted by atomic mass is 19.1. The number of allylic oxidation sites excluding steroid dienone is 2. The van der Waals surface area contributed by atoms with Gasteiger partial charge in [0, 0.05) is 18.7 Å². The van der Waals surface area contributed by atoms with E-state index in [0.29, 0.717) is 23.2 Å². The molecule has 2 heterocycles. The van der Waals surface area contributed by atoms with Crippen molar-refractivity contribution in [3.05, 3.63) is 66.5 Å². The van der Waals surface area contributed by atoms with Gasteiger partial charge in [0.2, 0.25) is 17.7 Å². The summed E-state index contributed by atoms with van der Waals surface area (Å²) in [6.45, 7) is 0.152. The Morgan fingerprint density at radius 3 is 2.03 bits per heavy atom. The minimum absolute atomic E-state index is 0.00616. The van der Waals surface area contributed by atoms with Crippen LogP contribution in [0.4, 0.5) is 15.8 Å². The van der Waals surface area contributed by atoms with Crippen LogP contribution < -0.4 is 14.5 Å². The first kappa shape index (κ1) is 21.5. The highest BCUT2D eigenvalue weighted by Crippen LogP contribution is 2.65. The van der Waals surface area contributed by atoms with Crippen molar-refractivity contribution in [2.24, 2.45) is 41.4 Å². The first-order chi connectivity index (χ1) is 17.4. The number of nitrogens with zero attached hydrogens (tertiary/aromatic N) is 2. The molecule has 2 saturated heterocycles. The topological polar surface area (TPSA) is 84.0 Å². The average Bonchev–Trinajstić information content (AvgIpc) is 3.56. The number of rotatable bonds is 4. The molecule has 4 aliphatic carbocycles. The minimum atomic E-state index is -0.651. The SMILES string of the molecule is O=C(Oc1ccc(N2C(=O)[C@@H]3[C@H]4C=C[C@@H]([C@@H]5C[C@H]45)[C@@H]3C2=O)cc1)[C@@H]1CC(=O)N(c2ccc(F)cc2)C1. The van der Waals surface area contributed by atoms with Crippen LogP contribution >= 0.6 is 0 Å². The van der Waals surface area contributed by atoms with E-state index in [2.05, 4.69) is 12.2 Å². The van der Waals surface area contributed by atoms with Gasteiger partial charge in [0.1, 0.15) is 11.6 Å². The summed E-state index contributed by atoms with van der Waals surface area (Å²) in [6.07, 6.45) is 5.40. The van der Waals surface area contributed by atoms with Gasteiger partial charge in [-0.25, -0.2) is 4.39 Å². The number of esters is 1. The second-order valence-corrected chi connectivity index (χ2v) is 10.5. The summed E-state index contributed by atoms with van der Waals surface area (Å²) < 4.78 is 18.7. The number of carbonyl (C=O) groups is 4. The second kappa shape index (κ2) is 7.59. The zero-order valence-corrected chi connectivity index (χ0v) is 19.2. The van der Waals surface area contributed by atoms with Gasteiger partial charge in [0.25, 0.3) is 0 Å². The van der Waals surface area contributed by atoms with Crippen molar-refractivity contribution in [3.8, 4) is 5.75 Å². The van der Waals surface area contributed by atoms with Gasteiger partial charge in [-0.2, -0.15) is 0 Å². The molecule has 0 radical (unpaired) electrons. The molecule has 2 aromatic rings. The van der Waals surface area contributed by atoms with Crippen molar-refractivity contribution < 1.29 is 28.3 Å². The Morgan fingerprint density at radius 1 is 0.833 bits per heavy atom. The number of imide groups is 1. The van der Waals surface area contributed by atoms with Gasteiger partial charge in [0.05, 0.1) is 23.4 Å². The maximum Gasteiger partial charge on any atom is 0.316 e. The van der Waals surface area contributed by atoms with Crippen LogP contribution in [0.5, 0.6) is 5.75 Å². The highest BCUT2D eigenvalue weighted by molar-refractivity contribution is 6.22. The monoisotopic (exact) mass is 486 g/mol. The van der Waals surface area contributed by atoms with E-state index in [4.69, 9.17) is 4.74 Å². The maximum absolute atomic E-state index is 13.3. The van der Waals surface area contributed by atoms with E-state index < -0.39 is 17.7 Å². The van der Waals surface area contributed by atoms with Crippen LogP contribution in [0.15, 0.2) is 60.7 Å². The van der Waals surface area contributed by atoms with Gasteiger partial charge in [-0.3, -0.25) is 24.1 Å². The molecule has 0 aromatic heterocycles. The Bertz CT molecular complexity index is 1300. The van der Waals surface area contributed by atoms with Crippen LogP contribution in [0.25, 0.3) is 0 Å². The molecule has 0 unspecified atom stereocenters. The van der Waals surface area contributed by atoms with Gasteiger partial charge in [-0.1, -0.05) is 12.2 Å². The number of hydrogen-bond donors (Lipinski definition) is 0. The molecule has 8 heteroatoms. The molecule has 8 rings (SSSR count). The van der Waals surface area contributed by atoms with Crippen LogP contribution in [0.3, 0.4) is 0 Å². The summed E-state index contributed by atoms with van der Waals surface area (Å²) in [5, 5.41) is 0. The Hall–Kier alpha value is -3.81. The number of halogens is 1. The smallest absolute Gasteiger partial charge is 0.316 e. The summed E-state index contributed by atoms with van der Waals surface area (Å²) in [6, 6.07) is 11.9. The third kappa shape index (κ3) is 3.09. The van der Waals surface area contributed by atoms with Gasteiger partial charge < -0.3 is 9.64 Å². The summed E-state index contributed by atoms with van der Waals surface area (Å²) in [7, 11) is 0. The zero-order chi connectivity index (χ0) is 24.7. The molecule has 2 aromatic carbocycles. The number of carbonyl (C=O) groups excluding carboxylic acids is 4. The van der Waals surface area contributed by atoms with E-state index >= 15 is 0 Å². The Morgan fingerprint density at radius 2 is 1.42 bits per heavy atom. The molecule has 6 aliphatic rings. The van der Waals surface area contributed by atoms with Gasteiger partial charge >= 0.3 is 5.97 Å².